The van der Waals surface area contributed by atoms with Crippen LogP contribution in [0.2, 0.25) is 0 Å². The molecule has 8 heteroatoms. The van der Waals surface area contributed by atoms with Gasteiger partial charge in [0.15, 0.2) is 0 Å². The molecule has 3 aromatic rings. The molecule has 114 valence electrons. The molecule has 0 aliphatic rings. The molecule has 22 heavy (non-hydrogen) atoms. The Hall–Kier alpha value is -2.35. The normalized spacial score (nSPS) is 11.1. The van der Waals surface area contributed by atoms with Crippen LogP contribution < -0.4 is 5.32 Å². The van der Waals surface area contributed by atoms with Crippen molar-refractivity contribution in [2.45, 2.75) is 20.4 Å². The van der Waals surface area contributed by atoms with Gasteiger partial charge in [0.2, 0.25) is 4.96 Å². The summed E-state index contributed by atoms with van der Waals surface area (Å²) in [5.74, 6) is -2.13. The van der Waals surface area contributed by atoms with Crippen molar-refractivity contribution >= 4 is 22.2 Å². The highest BCUT2D eigenvalue weighted by Crippen LogP contribution is 2.18. The number of hydrogen-bond acceptors (Lipinski definition) is 4. The lowest BCUT2D eigenvalue weighted by Crippen LogP contribution is -2.24. The summed E-state index contributed by atoms with van der Waals surface area (Å²) in [5, 5.41) is 7.81. The Kier molecular flexibility index (Phi) is 3.61. The monoisotopic (exact) mass is 322 g/mol. The fourth-order valence-electron chi connectivity index (χ4n) is 2.14. The van der Waals surface area contributed by atoms with Crippen LogP contribution in [-0.2, 0) is 6.54 Å². The molecule has 0 bridgehead atoms. The summed E-state index contributed by atoms with van der Waals surface area (Å²) in [6.07, 6.45) is 0. The third kappa shape index (κ3) is 2.69. The van der Waals surface area contributed by atoms with Gasteiger partial charge in [0.1, 0.15) is 16.6 Å². The Morgan fingerprint density at radius 2 is 1.95 bits per heavy atom. The van der Waals surface area contributed by atoms with Gasteiger partial charge in [-0.25, -0.2) is 18.3 Å². The van der Waals surface area contributed by atoms with Crippen molar-refractivity contribution in [3.8, 4) is 0 Å². The maximum atomic E-state index is 13.1. The van der Waals surface area contributed by atoms with E-state index in [-0.39, 0.29) is 12.1 Å². The molecule has 0 fully saturated rings. The zero-order valence-corrected chi connectivity index (χ0v) is 12.7. The molecule has 0 atom stereocenters. The van der Waals surface area contributed by atoms with E-state index in [4.69, 9.17) is 0 Å². The van der Waals surface area contributed by atoms with Crippen molar-refractivity contribution in [2.75, 3.05) is 0 Å². The Labute approximate surface area is 128 Å². The largest absolute Gasteiger partial charge is 0.346 e. The van der Waals surface area contributed by atoms with E-state index in [9.17, 15) is 13.6 Å². The van der Waals surface area contributed by atoms with Crippen LogP contribution in [0.15, 0.2) is 18.2 Å². The first-order chi connectivity index (χ1) is 10.4. The van der Waals surface area contributed by atoms with Crippen LogP contribution in [0, 0.1) is 25.5 Å². The van der Waals surface area contributed by atoms with Gasteiger partial charge in [0.25, 0.3) is 5.91 Å². The van der Waals surface area contributed by atoms with Gasteiger partial charge in [-0.05, 0) is 26.0 Å². The number of imidazole rings is 1. The summed E-state index contributed by atoms with van der Waals surface area (Å²) >= 11 is 1.45. The third-order valence-electron chi connectivity index (χ3n) is 3.14. The molecule has 0 saturated heterocycles. The van der Waals surface area contributed by atoms with E-state index >= 15 is 0 Å². The first kappa shape index (κ1) is 14.6. The summed E-state index contributed by atoms with van der Waals surface area (Å²) in [7, 11) is 0. The van der Waals surface area contributed by atoms with Crippen molar-refractivity contribution in [3.63, 3.8) is 0 Å². The molecule has 0 aliphatic heterocycles. The minimum Gasteiger partial charge on any atom is -0.346 e. The Bertz CT molecular complexity index is 851. The number of aromatic nitrogens is 3. The predicted octanol–water partition coefficient (Wildman–Crippen LogP) is 2.62. The van der Waals surface area contributed by atoms with Crippen LogP contribution in [0.25, 0.3) is 4.96 Å². The van der Waals surface area contributed by atoms with Crippen LogP contribution in [0.1, 0.15) is 26.8 Å². The number of nitrogens with zero attached hydrogens (tertiary/aromatic N) is 3. The molecule has 1 amide bonds. The SMILES string of the molecule is Cc1nn2c(CNC(=O)c3cc(F)cc(F)c3)c(C)nc2s1. The number of fused-ring (bicyclic) bond motifs is 1. The molecule has 0 radical (unpaired) electrons. The highest BCUT2D eigenvalue weighted by Gasteiger charge is 2.15. The zero-order valence-electron chi connectivity index (χ0n) is 11.9. The lowest BCUT2D eigenvalue weighted by molar-refractivity contribution is 0.0949. The van der Waals surface area contributed by atoms with Crippen molar-refractivity contribution in [1.29, 1.82) is 0 Å². The molecule has 1 N–H and O–H groups in total. The number of carbonyl (C=O) groups excluding carboxylic acids is 1. The number of benzene rings is 1. The number of aryl methyl sites for hydroxylation is 2. The molecular weight excluding hydrogens is 310 g/mol. The predicted molar refractivity (Wildman–Crippen MR) is 77.9 cm³/mol. The van der Waals surface area contributed by atoms with Crippen molar-refractivity contribution < 1.29 is 13.6 Å². The smallest absolute Gasteiger partial charge is 0.251 e. The number of carbonyl (C=O) groups is 1. The van der Waals surface area contributed by atoms with E-state index in [0.29, 0.717) is 0 Å². The number of hydrogen-bond donors (Lipinski definition) is 1. The molecular formula is C14H12F2N4OS. The minimum atomic E-state index is -0.789. The van der Waals surface area contributed by atoms with Gasteiger partial charge in [0.05, 0.1) is 17.9 Å². The maximum Gasteiger partial charge on any atom is 0.251 e. The fourth-order valence-corrected chi connectivity index (χ4v) is 2.95. The second kappa shape index (κ2) is 5.45. The van der Waals surface area contributed by atoms with Gasteiger partial charge < -0.3 is 5.32 Å². The van der Waals surface area contributed by atoms with Gasteiger partial charge in [-0.1, -0.05) is 11.3 Å². The van der Waals surface area contributed by atoms with Crippen LogP contribution in [0.5, 0.6) is 0 Å². The van der Waals surface area contributed by atoms with Gasteiger partial charge >= 0.3 is 0 Å². The average Bonchev–Trinajstić information content (AvgIpc) is 2.90. The van der Waals surface area contributed by atoms with E-state index < -0.39 is 17.5 Å². The number of rotatable bonds is 3. The second-order valence-electron chi connectivity index (χ2n) is 4.80. The molecule has 0 spiro atoms. The summed E-state index contributed by atoms with van der Waals surface area (Å²) in [6, 6.07) is 2.70. The molecule has 3 rings (SSSR count). The van der Waals surface area contributed by atoms with Gasteiger partial charge in [-0.3, -0.25) is 4.79 Å². The number of amides is 1. The summed E-state index contributed by atoms with van der Waals surface area (Å²) in [4.78, 5) is 17.1. The fraction of sp³-hybridized carbons (Fsp3) is 0.214. The van der Waals surface area contributed by atoms with E-state index in [1.807, 2.05) is 13.8 Å². The number of nitrogens with one attached hydrogen (secondary N) is 1. The molecule has 0 aliphatic carbocycles. The van der Waals surface area contributed by atoms with Crippen LogP contribution >= 0.6 is 11.3 Å². The van der Waals surface area contributed by atoms with E-state index in [0.717, 1.165) is 39.6 Å². The molecule has 0 unspecified atom stereocenters. The second-order valence-corrected chi connectivity index (χ2v) is 5.96. The zero-order chi connectivity index (χ0) is 15.9. The van der Waals surface area contributed by atoms with E-state index in [1.54, 1.807) is 4.52 Å². The summed E-state index contributed by atoms with van der Waals surface area (Å²) in [6.45, 7) is 3.86. The Morgan fingerprint density at radius 3 is 2.64 bits per heavy atom. The van der Waals surface area contributed by atoms with Gasteiger partial charge in [0, 0.05) is 11.6 Å². The van der Waals surface area contributed by atoms with Gasteiger partial charge in [-0.15, -0.1) is 0 Å². The quantitative estimate of drug-likeness (QED) is 0.806. The van der Waals surface area contributed by atoms with E-state index in [2.05, 4.69) is 15.4 Å². The number of halogens is 2. The van der Waals surface area contributed by atoms with Crippen molar-refractivity contribution in [3.05, 3.63) is 51.8 Å². The average molecular weight is 322 g/mol. The minimum absolute atomic E-state index is 0.0645. The standard InChI is InChI=1S/C14H12F2N4OS/c1-7-12(20-14(18-7)22-8(2)19-20)6-17-13(21)9-3-10(15)5-11(16)4-9/h3-5H,6H2,1-2H3,(H,17,21). The Morgan fingerprint density at radius 1 is 1.27 bits per heavy atom. The van der Waals surface area contributed by atoms with Crippen LogP contribution in [-0.4, -0.2) is 20.5 Å². The first-order valence-electron chi connectivity index (χ1n) is 6.50. The molecule has 2 aromatic heterocycles. The highest BCUT2D eigenvalue weighted by molar-refractivity contribution is 7.16. The van der Waals surface area contributed by atoms with E-state index in [1.165, 1.54) is 11.3 Å². The molecule has 1 aromatic carbocycles. The van der Waals surface area contributed by atoms with Gasteiger partial charge in [-0.2, -0.15) is 5.10 Å². The van der Waals surface area contributed by atoms with Crippen LogP contribution in [0.3, 0.4) is 0 Å². The molecule has 2 heterocycles. The summed E-state index contributed by atoms with van der Waals surface area (Å²) < 4.78 is 27.9. The highest BCUT2D eigenvalue weighted by atomic mass is 32.1. The molecule has 5 nitrogen and oxygen atoms in total. The lowest BCUT2D eigenvalue weighted by atomic mass is 10.2. The Balaban J connectivity index is 1.81. The third-order valence-corrected chi connectivity index (χ3v) is 3.96. The topological polar surface area (TPSA) is 59.3 Å². The van der Waals surface area contributed by atoms with Crippen LogP contribution in [0.4, 0.5) is 8.78 Å². The first-order valence-corrected chi connectivity index (χ1v) is 7.31. The molecule has 0 saturated carbocycles. The summed E-state index contributed by atoms with van der Waals surface area (Å²) in [5.41, 5.74) is 1.43. The van der Waals surface area contributed by atoms with Crippen molar-refractivity contribution in [2.24, 2.45) is 0 Å². The maximum absolute atomic E-state index is 13.1. The lowest BCUT2D eigenvalue weighted by Gasteiger charge is -2.05. The van der Waals surface area contributed by atoms with Crippen molar-refractivity contribution in [1.82, 2.24) is 19.9 Å².